The highest BCUT2D eigenvalue weighted by atomic mass is 35.5. The first-order valence-corrected chi connectivity index (χ1v) is 10.6. The Morgan fingerprint density at radius 2 is 1.72 bits per heavy atom. The normalized spacial score (nSPS) is 10.4. The Bertz CT molecular complexity index is 1160. The van der Waals surface area contributed by atoms with Crippen LogP contribution in [0.3, 0.4) is 0 Å². The van der Waals surface area contributed by atoms with Crippen molar-refractivity contribution in [1.82, 2.24) is 10.6 Å². The first kappa shape index (κ1) is 23.2. The molecule has 10 heteroatoms. The lowest BCUT2D eigenvalue weighted by Gasteiger charge is -2.08. The van der Waals surface area contributed by atoms with Crippen LogP contribution in [0.4, 0.5) is 0 Å². The fraction of sp³-hybridized carbons (Fsp3) is 0.182. The first-order valence-electron chi connectivity index (χ1n) is 9.44. The van der Waals surface area contributed by atoms with Crippen molar-refractivity contribution in [2.75, 3.05) is 20.3 Å². The van der Waals surface area contributed by atoms with Gasteiger partial charge in [0.15, 0.2) is 6.61 Å². The van der Waals surface area contributed by atoms with Crippen LogP contribution in [0.5, 0.6) is 0 Å². The predicted octanol–water partition coefficient (Wildman–Crippen LogP) is 2.93. The highest BCUT2D eigenvalue weighted by molar-refractivity contribution is 7.21. The Hall–Kier alpha value is -3.43. The number of benzene rings is 2. The fourth-order valence-electron chi connectivity index (χ4n) is 2.72. The summed E-state index contributed by atoms with van der Waals surface area (Å²) in [6, 6.07) is 13.8. The predicted molar refractivity (Wildman–Crippen MR) is 120 cm³/mol. The first-order chi connectivity index (χ1) is 15.4. The molecule has 0 radical (unpaired) electrons. The van der Waals surface area contributed by atoms with E-state index in [-0.39, 0.29) is 6.54 Å². The standard InChI is InChI=1S/C22H19ClN2O6S/c1-30-22(29)14-8-6-13(7-9-14)10-24-17(26)12-31-18(27)11-25-21(28)20-19(23)15-4-2-3-5-16(15)32-20/h2-9H,10-12H2,1H3,(H,24,26)(H,25,28). The van der Waals surface area contributed by atoms with Gasteiger partial charge >= 0.3 is 11.9 Å². The molecule has 0 saturated carbocycles. The minimum atomic E-state index is -0.756. The third-order valence-electron chi connectivity index (χ3n) is 4.36. The number of thiophene rings is 1. The van der Waals surface area contributed by atoms with Crippen molar-refractivity contribution in [3.8, 4) is 0 Å². The van der Waals surface area contributed by atoms with E-state index in [0.29, 0.717) is 15.5 Å². The number of nitrogens with one attached hydrogen (secondary N) is 2. The zero-order valence-corrected chi connectivity index (χ0v) is 18.5. The zero-order chi connectivity index (χ0) is 23.1. The molecule has 0 atom stereocenters. The number of rotatable bonds is 8. The second kappa shape index (κ2) is 10.7. The van der Waals surface area contributed by atoms with Gasteiger partial charge in [0.2, 0.25) is 0 Å². The van der Waals surface area contributed by atoms with Gasteiger partial charge in [0, 0.05) is 16.6 Å². The number of carbonyl (C=O) groups excluding carboxylic acids is 4. The molecule has 0 aliphatic rings. The maximum Gasteiger partial charge on any atom is 0.337 e. The molecule has 3 aromatic rings. The van der Waals surface area contributed by atoms with Gasteiger partial charge in [0.05, 0.1) is 17.7 Å². The lowest BCUT2D eigenvalue weighted by molar-refractivity contribution is -0.147. The summed E-state index contributed by atoms with van der Waals surface area (Å²) in [5, 5.41) is 6.14. The van der Waals surface area contributed by atoms with Crippen LogP contribution in [0.25, 0.3) is 10.1 Å². The summed E-state index contributed by atoms with van der Waals surface area (Å²) < 4.78 is 10.4. The van der Waals surface area contributed by atoms with Crippen molar-refractivity contribution < 1.29 is 28.7 Å². The number of hydrogen-bond acceptors (Lipinski definition) is 7. The summed E-state index contributed by atoms with van der Waals surface area (Å²) in [6.07, 6.45) is 0. The van der Waals surface area contributed by atoms with Gasteiger partial charge < -0.3 is 20.1 Å². The van der Waals surface area contributed by atoms with Gasteiger partial charge in [-0.25, -0.2) is 4.79 Å². The van der Waals surface area contributed by atoms with Crippen molar-refractivity contribution in [2.45, 2.75) is 6.54 Å². The monoisotopic (exact) mass is 474 g/mol. The molecular formula is C22H19ClN2O6S. The van der Waals surface area contributed by atoms with Gasteiger partial charge in [0.1, 0.15) is 11.4 Å². The second-order valence-corrected chi connectivity index (χ2v) is 7.98. The number of methoxy groups -OCH3 is 1. The van der Waals surface area contributed by atoms with Crippen LogP contribution in [-0.4, -0.2) is 44.0 Å². The Kier molecular flexibility index (Phi) is 7.80. The van der Waals surface area contributed by atoms with Crippen LogP contribution >= 0.6 is 22.9 Å². The van der Waals surface area contributed by atoms with E-state index in [1.165, 1.54) is 18.4 Å². The van der Waals surface area contributed by atoms with Crippen molar-refractivity contribution >= 4 is 56.8 Å². The van der Waals surface area contributed by atoms with Crippen molar-refractivity contribution in [1.29, 1.82) is 0 Å². The van der Waals surface area contributed by atoms with E-state index in [1.807, 2.05) is 24.3 Å². The highest BCUT2D eigenvalue weighted by Gasteiger charge is 2.18. The molecule has 0 aliphatic carbocycles. The Labute approximate surface area is 192 Å². The van der Waals surface area contributed by atoms with Gasteiger partial charge in [0.25, 0.3) is 11.8 Å². The number of fused-ring (bicyclic) bond motifs is 1. The third kappa shape index (κ3) is 5.83. The van der Waals surface area contributed by atoms with Gasteiger partial charge in [-0.05, 0) is 23.8 Å². The Morgan fingerprint density at radius 3 is 2.41 bits per heavy atom. The molecule has 166 valence electrons. The van der Waals surface area contributed by atoms with E-state index in [4.69, 9.17) is 16.3 Å². The number of hydrogen-bond donors (Lipinski definition) is 2. The molecule has 2 aromatic carbocycles. The van der Waals surface area contributed by atoms with E-state index < -0.39 is 36.9 Å². The zero-order valence-electron chi connectivity index (χ0n) is 17.0. The van der Waals surface area contributed by atoms with Crippen LogP contribution in [0.2, 0.25) is 5.02 Å². The fourth-order valence-corrected chi connectivity index (χ4v) is 4.15. The summed E-state index contributed by atoms with van der Waals surface area (Å²) in [4.78, 5) is 47.8. The maximum atomic E-state index is 12.3. The molecule has 0 saturated heterocycles. The average molecular weight is 475 g/mol. The summed E-state index contributed by atoms with van der Waals surface area (Å²) in [7, 11) is 1.29. The molecule has 0 spiro atoms. The minimum Gasteiger partial charge on any atom is -0.465 e. The number of halogens is 1. The number of amides is 2. The van der Waals surface area contributed by atoms with Gasteiger partial charge in [-0.15, -0.1) is 11.3 Å². The highest BCUT2D eigenvalue weighted by Crippen LogP contribution is 2.34. The lowest BCUT2D eigenvalue weighted by Crippen LogP contribution is -2.33. The van der Waals surface area contributed by atoms with Crippen LogP contribution < -0.4 is 10.6 Å². The molecule has 0 aliphatic heterocycles. The smallest absolute Gasteiger partial charge is 0.337 e. The average Bonchev–Trinajstić information content (AvgIpc) is 3.16. The second-order valence-electron chi connectivity index (χ2n) is 6.55. The minimum absolute atomic E-state index is 0.193. The number of ether oxygens (including phenoxy) is 2. The Morgan fingerprint density at radius 1 is 1.00 bits per heavy atom. The van der Waals surface area contributed by atoms with Gasteiger partial charge in [-0.3, -0.25) is 14.4 Å². The van der Waals surface area contributed by atoms with Crippen LogP contribution in [0.1, 0.15) is 25.6 Å². The molecule has 8 nitrogen and oxygen atoms in total. The van der Waals surface area contributed by atoms with E-state index >= 15 is 0 Å². The van der Waals surface area contributed by atoms with E-state index in [1.54, 1.807) is 24.3 Å². The quantitative estimate of drug-likeness (QED) is 0.486. The van der Waals surface area contributed by atoms with Crippen LogP contribution in [0.15, 0.2) is 48.5 Å². The number of esters is 2. The molecule has 0 fully saturated rings. The lowest BCUT2D eigenvalue weighted by atomic mass is 10.1. The molecular weight excluding hydrogens is 456 g/mol. The summed E-state index contributed by atoms with van der Waals surface area (Å²) in [5.41, 5.74) is 1.15. The third-order valence-corrected chi connectivity index (χ3v) is 6.04. The molecule has 2 amide bonds. The van der Waals surface area contributed by atoms with Gasteiger partial charge in [-0.1, -0.05) is 41.9 Å². The van der Waals surface area contributed by atoms with Crippen LogP contribution in [-0.2, 0) is 25.6 Å². The largest absolute Gasteiger partial charge is 0.465 e. The molecule has 32 heavy (non-hydrogen) atoms. The van der Waals surface area contributed by atoms with Crippen molar-refractivity contribution in [3.05, 3.63) is 69.6 Å². The molecule has 3 rings (SSSR count). The summed E-state index contributed by atoms with van der Waals surface area (Å²) in [5.74, 6) is -2.20. The van der Waals surface area contributed by atoms with Crippen molar-refractivity contribution in [3.63, 3.8) is 0 Å². The molecule has 1 aromatic heterocycles. The van der Waals surface area contributed by atoms with Gasteiger partial charge in [-0.2, -0.15) is 0 Å². The van der Waals surface area contributed by atoms with E-state index in [2.05, 4.69) is 15.4 Å². The molecule has 2 N–H and O–H groups in total. The SMILES string of the molecule is COC(=O)c1ccc(CNC(=O)COC(=O)CNC(=O)c2sc3ccccc3c2Cl)cc1. The van der Waals surface area contributed by atoms with E-state index in [9.17, 15) is 19.2 Å². The molecule has 1 heterocycles. The summed E-state index contributed by atoms with van der Waals surface area (Å²) in [6.45, 7) is -0.691. The number of carbonyl (C=O) groups is 4. The van der Waals surface area contributed by atoms with Crippen LogP contribution in [0, 0.1) is 0 Å². The Balaban J connectivity index is 1.40. The van der Waals surface area contributed by atoms with Crippen molar-refractivity contribution in [2.24, 2.45) is 0 Å². The van der Waals surface area contributed by atoms with E-state index in [0.717, 1.165) is 15.6 Å². The molecule has 0 bridgehead atoms. The molecule has 0 unspecified atom stereocenters. The topological polar surface area (TPSA) is 111 Å². The summed E-state index contributed by atoms with van der Waals surface area (Å²) >= 11 is 7.47. The maximum absolute atomic E-state index is 12.3.